The Morgan fingerprint density at radius 3 is 2.55 bits per heavy atom. The van der Waals surface area contributed by atoms with Gasteiger partial charge in [0.2, 0.25) is 5.91 Å². The van der Waals surface area contributed by atoms with Crippen LogP contribution in [0, 0.1) is 11.7 Å². The molecule has 1 aromatic carbocycles. The monoisotopic (exact) mass is 423 g/mol. The van der Waals surface area contributed by atoms with Crippen molar-refractivity contribution in [3.63, 3.8) is 0 Å². The predicted molar refractivity (Wildman–Crippen MR) is 115 cm³/mol. The van der Waals surface area contributed by atoms with Gasteiger partial charge in [-0.3, -0.25) is 9.59 Å². The number of carbonyl (C=O) groups excluding carboxylic acids is 2. The van der Waals surface area contributed by atoms with Gasteiger partial charge in [-0.25, -0.2) is 9.07 Å². The Balaban J connectivity index is 1.65. The van der Waals surface area contributed by atoms with Gasteiger partial charge < -0.3 is 14.8 Å². The molecule has 3 heterocycles. The van der Waals surface area contributed by atoms with Crippen molar-refractivity contribution in [3.05, 3.63) is 66.4 Å². The van der Waals surface area contributed by atoms with Crippen molar-refractivity contribution < 1.29 is 14.0 Å². The maximum Gasteiger partial charge on any atom is 0.259 e. The van der Waals surface area contributed by atoms with Crippen molar-refractivity contribution in [2.75, 3.05) is 13.1 Å². The van der Waals surface area contributed by atoms with Crippen molar-refractivity contribution in [2.45, 2.75) is 32.7 Å². The maximum absolute atomic E-state index is 13.5. The topological polar surface area (TPSA) is 72.2 Å². The molecule has 2 aromatic heterocycles. The third-order valence-corrected chi connectivity index (χ3v) is 5.40. The number of carbonyl (C=O) groups is 2. The number of hydrogen-bond acceptors (Lipinski definition) is 3. The van der Waals surface area contributed by atoms with E-state index in [9.17, 15) is 14.0 Å². The first kappa shape index (κ1) is 20.8. The molecule has 0 saturated carbocycles. The first-order chi connectivity index (χ1) is 14.9. The highest BCUT2D eigenvalue weighted by molar-refractivity contribution is 5.97. The summed E-state index contributed by atoms with van der Waals surface area (Å²) in [5.41, 5.74) is 1.09. The molecular formula is C23H26FN5O2. The molecule has 7 nitrogen and oxygen atoms in total. The quantitative estimate of drug-likeness (QED) is 0.685. The first-order valence-electron chi connectivity index (χ1n) is 10.5. The van der Waals surface area contributed by atoms with E-state index in [1.807, 2.05) is 42.9 Å². The van der Waals surface area contributed by atoms with Crippen molar-refractivity contribution in [2.24, 2.45) is 5.92 Å². The average molecular weight is 423 g/mol. The molecule has 2 amide bonds. The molecule has 1 atom stereocenters. The molecule has 4 rings (SSSR count). The van der Waals surface area contributed by atoms with E-state index in [1.165, 1.54) is 12.1 Å². The van der Waals surface area contributed by atoms with Crippen LogP contribution in [0.2, 0.25) is 0 Å². The van der Waals surface area contributed by atoms with Gasteiger partial charge in [0.25, 0.3) is 5.91 Å². The molecule has 0 aliphatic carbocycles. The van der Waals surface area contributed by atoms with Crippen molar-refractivity contribution in [1.29, 1.82) is 0 Å². The molecule has 1 aliphatic heterocycles. The van der Waals surface area contributed by atoms with Gasteiger partial charge >= 0.3 is 0 Å². The Labute approximate surface area is 180 Å². The number of nitrogens with one attached hydrogen (secondary N) is 1. The SMILES string of the molecule is CC(C)NC(=O)C1CCCN(C(=O)c2cnn(-c3ccc(F)cc3)c2-n2cccc2)C1. The maximum atomic E-state index is 13.5. The third kappa shape index (κ3) is 4.38. The minimum Gasteiger partial charge on any atom is -0.354 e. The van der Waals surface area contributed by atoms with Crippen LogP contribution >= 0.6 is 0 Å². The largest absolute Gasteiger partial charge is 0.354 e. The van der Waals surface area contributed by atoms with Crippen LogP contribution in [0.4, 0.5) is 4.39 Å². The summed E-state index contributed by atoms with van der Waals surface area (Å²) in [4.78, 5) is 27.7. The number of benzene rings is 1. The smallest absolute Gasteiger partial charge is 0.259 e. The minimum absolute atomic E-state index is 0.0138. The Hall–Kier alpha value is -3.42. The standard InChI is InChI=1S/C23H26FN5O2/c1-16(2)26-21(30)17-6-5-13-28(15-17)23(31)20-14-25-29(19-9-7-18(24)8-10-19)22(20)27-11-3-4-12-27/h3-4,7-12,14,16-17H,5-6,13,15H2,1-2H3,(H,26,30). The van der Waals surface area contributed by atoms with Crippen LogP contribution in [0.25, 0.3) is 11.5 Å². The lowest BCUT2D eigenvalue weighted by molar-refractivity contribution is -0.126. The highest BCUT2D eigenvalue weighted by Crippen LogP contribution is 2.24. The lowest BCUT2D eigenvalue weighted by atomic mass is 9.96. The second-order valence-electron chi connectivity index (χ2n) is 8.11. The number of aromatic nitrogens is 3. The van der Waals surface area contributed by atoms with Gasteiger partial charge in [-0.2, -0.15) is 5.10 Å². The Bertz CT molecular complexity index is 1060. The Morgan fingerprint density at radius 2 is 1.87 bits per heavy atom. The molecule has 1 aliphatic rings. The van der Waals surface area contributed by atoms with Gasteiger partial charge in [0.05, 0.1) is 17.8 Å². The van der Waals surface area contributed by atoms with Gasteiger partial charge in [0.1, 0.15) is 11.4 Å². The van der Waals surface area contributed by atoms with E-state index in [0.717, 1.165) is 12.8 Å². The normalized spacial score (nSPS) is 16.5. The number of piperidine rings is 1. The highest BCUT2D eigenvalue weighted by Gasteiger charge is 2.31. The van der Waals surface area contributed by atoms with E-state index >= 15 is 0 Å². The molecule has 0 bridgehead atoms. The third-order valence-electron chi connectivity index (χ3n) is 5.40. The van der Waals surface area contributed by atoms with Gasteiger partial charge in [0, 0.05) is 31.5 Å². The molecule has 1 unspecified atom stereocenters. The molecule has 1 saturated heterocycles. The summed E-state index contributed by atoms with van der Waals surface area (Å²) < 4.78 is 16.8. The molecular weight excluding hydrogens is 397 g/mol. The molecule has 8 heteroatoms. The summed E-state index contributed by atoms with van der Waals surface area (Å²) in [6.45, 7) is 4.83. The van der Waals surface area contributed by atoms with E-state index in [1.54, 1.807) is 27.9 Å². The molecule has 1 N–H and O–H groups in total. The van der Waals surface area contributed by atoms with Gasteiger partial charge in [-0.1, -0.05) is 0 Å². The Morgan fingerprint density at radius 1 is 1.16 bits per heavy atom. The molecule has 0 spiro atoms. The number of rotatable bonds is 5. The van der Waals surface area contributed by atoms with E-state index in [0.29, 0.717) is 30.2 Å². The van der Waals surface area contributed by atoms with Gasteiger partial charge in [-0.15, -0.1) is 0 Å². The fraction of sp³-hybridized carbons (Fsp3) is 0.348. The van der Waals surface area contributed by atoms with Gasteiger partial charge in [0.15, 0.2) is 5.82 Å². The number of halogens is 1. The zero-order valence-corrected chi connectivity index (χ0v) is 17.7. The molecule has 0 radical (unpaired) electrons. The highest BCUT2D eigenvalue weighted by atomic mass is 19.1. The number of likely N-dealkylation sites (tertiary alicyclic amines) is 1. The summed E-state index contributed by atoms with van der Waals surface area (Å²) in [5, 5.41) is 7.38. The molecule has 31 heavy (non-hydrogen) atoms. The van der Waals surface area contributed by atoms with E-state index in [-0.39, 0.29) is 29.6 Å². The summed E-state index contributed by atoms with van der Waals surface area (Å²) in [6, 6.07) is 9.76. The van der Waals surface area contributed by atoms with Crippen molar-refractivity contribution in [1.82, 2.24) is 24.6 Å². The van der Waals surface area contributed by atoms with Crippen molar-refractivity contribution in [3.8, 4) is 11.5 Å². The Kier molecular flexibility index (Phi) is 5.88. The second kappa shape index (κ2) is 8.75. The van der Waals surface area contributed by atoms with Gasteiger partial charge in [-0.05, 0) is 63.1 Å². The van der Waals surface area contributed by atoms with Crippen LogP contribution in [0.1, 0.15) is 37.0 Å². The van der Waals surface area contributed by atoms with E-state index < -0.39 is 0 Å². The average Bonchev–Trinajstić information content (AvgIpc) is 3.43. The van der Waals surface area contributed by atoms with Crippen LogP contribution in [-0.2, 0) is 4.79 Å². The van der Waals surface area contributed by atoms with Crippen LogP contribution < -0.4 is 5.32 Å². The second-order valence-corrected chi connectivity index (χ2v) is 8.11. The zero-order valence-electron chi connectivity index (χ0n) is 17.7. The van der Waals surface area contributed by atoms with Crippen LogP contribution in [0.3, 0.4) is 0 Å². The van der Waals surface area contributed by atoms with E-state index in [2.05, 4.69) is 10.4 Å². The zero-order chi connectivity index (χ0) is 22.0. The molecule has 3 aromatic rings. The number of nitrogens with zero attached hydrogens (tertiary/aromatic N) is 4. The lowest BCUT2D eigenvalue weighted by Gasteiger charge is -2.32. The first-order valence-corrected chi connectivity index (χ1v) is 10.5. The van der Waals surface area contributed by atoms with Crippen LogP contribution in [-0.4, -0.2) is 50.2 Å². The van der Waals surface area contributed by atoms with Crippen molar-refractivity contribution >= 4 is 11.8 Å². The lowest BCUT2D eigenvalue weighted by Crippen LogP contribution is -2.46. The van der Waals surface area contributed by atoms with Crippen LogP contribution in [0.5, 0.6) is 0 Å². The van der Waals surface area contributed by atoms with E-state index in [4.69, 9.17) is 0 Å². The molecule has 162 valence electrons. The summed E-state index contributed by atoms with van der Waals surface area (Å²) in [5.74, 6) is -0.161. The fourth-order valence-corrected chi connectivity index (χ4v) is 3.94. The fourth-order valence-electron chi connectivity index (χ4n) is 3.94. The summed E-state index contributed by atoms with van der Waals surface area (Å²) in [6.07, 6.45) is 6.75. The van der Waals surface area contributed by atoms with Crippen LogP contribution in [0.15, 0.2) is 55.0 Å². The minimum atomic E-state index is -0.339. The number of hydrogen-bond donors (Lipinski definition) is 1. The predicted octanol–water partition coefficient (Wildman–Crippen LogP) is 3.18. The number of amides is 2. The summed E-state index contributed by atoms with van der Waals surface area (Å²) >= 11 is 0. The summed E-state index contributed by atoms with van der Waals surface area (Å²) in [7, 11) is 0. The molecule has 1 fully saturated rings.